The zero-order valence-corrected chi connectivity index (χ0v) is 15.6. The van der Waals surface area contributed by atoms with Crippen molar-refractivity contribution in [2.75, 3.05) is 10.6 Å². The molecule has 2 atom stereocenters. The second kappa shape index (κ2) is 6.95. The van der Waals surface area contributed by atoms with Crippen molar-refractivity contribution in [3.05, 3.63) is 53.7 Å². The summed E-state index contributed by atoms with van der Waals surface area (Å²) in [4.78, 5) is 16.1. The van der Waals surface area contributed by atoms with Crippen LogP contribution in [-0.4, -0.2) is 22.2 Å². The smallest absolute Gasteiger partial charge is 0.265 e. The Bertz CT molecular complexity index is 1050. The molecule has 144 valence electrons. The van der Waals surface area contributed by atoms with Gasteiger partial charge in [0.1, 0.15) is 17.6 Å². The van der Waals surface area contributed by atoms with Crippen LogP contribution in [0.2, 0.25) is 0 Å². The molecule has 0 aliphatic carbocycles. The molecule has 8 heteroatoms. The number of fused-ring (bicyclic) bond motifs is 1. The lowest BCUT2D eigenvalue weighted by atomic mass is 10.1. The molecule has 2 aromatic carbocycles. The molecule has 2 N–H and O–H groups in total. The summed E-state index contributed by atoms with van der Waals surface area (Å²) in [7, 11) is 0. The van der Waals surface area contributed by atoms with Gasteiger partial charge >= 0.3 is 0 Å². The number of ether oxygens (including phenoxy) is 1. The fraction of sp³-hybridized carbons (Fsp3) is 0.250. The lowest BCUT2D eigenvalue weighted by molar-refractivity contribution is -0.122. The number of amides is 1. The molecule has 7 nitrogen and oxygen atoms in total. The van der Waals surface area contributed by atoms with Crippen LogP contribution in [0, 0.1) is 12.7 Å². The van der Waals surface area contributed by atoms with Gasteiger partial charge in [-0.25, -0.2) is 4.39 Å². The van der Waals surface area contributed by atoms with E-state index in [1.807, 2.05) is 13.0 Å². The van der Waals surface area contributed by atoms with Crippen molar-refractivity contribution in [2.45, 2.75) is 32.9 Å². The Labute approximate surface area is 160 Å². The van der Waals surface area contributed by atoms with Gasteiger partial charge in [-0.3, -0.25) is 4.79 Å². The molecule has 3 aromatic rings. The third kappa shape index (κ3) is 3.40. The summed E-state index contributed by atoms with van der Waals surface area (Å²) in [6.45, 7) is 5.25. The first-order valence-electron chi connectivity index (χ1n) is 8.89. The van der Waals surface area contributed by atoms with Crippen molar-refractivity contribution in [1.29, 1.82) is 0 Å². The van der Waals surface area contributed by atoms with E-state index in [1.54, 1.807) is 38.1 Å². The van der Waals surface area contributed by atoms with Crippen molar-refractivity contribution in [3.63, 3.8) is 0 Å². The summed E-state index contributed by atoms with van der Waals surface area (Å²) < 4.78 is 24.6. The van der Waals surface area contributed by atoms with Crippen molar-refractivity contribution < 1.29 is 18.4 Å². The van der Waals surface area contributed by atoms with Crippen LogP contribution in [0.1, 0.15) is 31.3 Å². The average Bonchev–Trinajstić information content (AvgIpc) is 3.15. The molecule has 0 saturated carbocycles. The maximum Gasteiger partial charge on any atom is 0.265 e. The number of nitrogens with one attached hydrogen (secondary N) is 2. The molecule has 0 bridgehead atoms. The van der Waals surface area contributed by atoms with E-state index in [1.165, 1.54) is 6.07 Å². The Balaban J connectivity index is 1.51. The van der Waals surface area contributed by atoms with Crippen LogP contribution >= 0.6 is 0 Å². The van der Waals surface area contributed by atoms with Crippen LogP contribution in [-0.2, 0) is 4.79 Å². The number of nitrogens with zero attached hydrogens (tertiary/aromatic N) is 2. The van der Waals surface area contributed by atoms with Gasteiger partial charge in [-0.05, 0) is 50.6 Å². The Morgan fingerprint density at radius 2 is 2.07 bits per heavy atom. The number of aromatic nitrogens is 2. The SMILES string of the molecule is Cc1ccc(-c2noc(C(C)Nc3ccc4c(c3)NC(=O)C(C)O4)n2)cc1F. The molecule has 0 spiro atoms. The third-order valence-corrected chi connectivity index (χ3v) is 4.54. The molecule has 1 aliphatic heterocycles. The minimum absolute atomic E-state index is 0.190. The molecular formula is C20H19FN4O3. The van der Waals surface area contributed by atoms with Crippen LogP contribution in [0.15, 0.2) is 40.9 Å². The highest BCUT2D eigenvalue weighted by atomic mass is 19.1. The van der Waals surface area contributed by atoms with Gasteiger partial charge < -0.3 is 19.9 Å². The number of halogens is 1. The topological polar surface area (TPSA) is 89.3 Å². The number of rotatable bonds is 4. The molecule has 0 saturated heterocycles. The minimum Gasteiger partial charge on any atom is -0.479 e. The zero-order chi connectivity index (χ0) is 19.8. The van der Waals surface area contributed by atoms with Crippen molar-refractivity contribution >= 4 is 17.3 Å². The number of hydrogen-bond acceptors (Lipinski definition) is 6. The van der Waals surface area contributed by atoms with E-state index in [-0.39, 0.29) is 17.8 Å². The lowest BCUT2D eigenvalue weighted by Crippen LogP contribution is -2.34. The monoisotopic (exact) mass is 382 g/mol. The minimum atomic E-state index is -0.520. The Kier molecular flexibility index (Phi) is 4.46. The maximum atomic E-state index is 13.8. The van der Waals surface area contributed by atoms with Crippen molar-refractivity contribution in [1.82, 2.24) is 10.1 Å². The number of benzene rings is 2. The largest absolute Gasteiger partial charge is 0.479 e. The first kappa shape index (κ1) is 18.0. The normalized spacial score (nSPS) is 16.7. The summed E-state index contributed by atoms with van der Waals surface area (Å²) >= 11 is 0. The molecule has 0 radical (unpaired) electrons. The van der Waals surface area contributed by atoms with Crippen LogP contribution in [0.25, 0.3) is 11.4 Å². The molecular weight excluding hydrogens is 363 g/mol. The first-order valence-corrected chi connectivity index (χ1v) is 8.89. The Morgan fingerprint density at radius 1 is 1.25 bits per heavy atom. The average molecular weight is 382 g/mol. The predicted octanol–water partition coefficient (Wildman–Crippen LogP) is 4.08. The van der Waals surface area contributed by atoms with Gasteiger partial charge in [0.05, 0.1) is 5.69 Å². The second-order valence-corrected chi connectivity index (χ2v) is 6.75. The number of aryl methyl sites for hydroxylation is 1. The molecule has 0 fully saturated rings. The first-order chi connectivity index (χ1) is 13.4. The molecule has 4 rings (SSSR count). The number of hydrogen-bond donors (Lipinski definition) is 2. The molecule has 2 heterocycles. The quantitative estimate of drug-likeness (QED) is 0.707. The van der Waals surface area contributed by atoms with Gasteiger partial charge in [0.15, 0.2) is 6.10 Å². The summed E-state index contributed by atoms with van der Waals surface area (Å²) in [5, 5.41) is 9.99. The van der Waals surface area contributed by atoms with Crippen LogP contribution in [0.4, 0.5) is 15.8 Å². The highest BCUT2D eigenvalue weighted by molar-refractivity contribution is 5.98. The second-order valence-electron chi connectivity index (χ2n) is 6.75. The Hall–Kier alpha value is -3.42. The summed E-state index contributed by atoms with van der Waals surface area (Å²) in [5.41, 5.74) is 2.46. The number of carbonyl (C=O) groups is 1. The molecule has 1 aromatic heterocycles. The van der Waals surface area contributed by atoms with Gasteiger partial charge in [0.2, 0.25) is 11.7 Å². The maximum absolute atomic E-state index is 13.8. The molecule has 1 amide bonds. The van der Waals surface area contributed by atoms with E-state index >= 15 is 0 Å². The summed E-state index contributed by atoms with van der Waals surface area (Å²) in [6, 6.07) is 9.91. The van der Waals surface area contributed by atoms with Crippen molar-refractivity contribution in [3.8, 4) is 17.1 Å². The predicted molar refractivity (Wildman–Crippen MR) is 102 cm³/mol. The third-order valence-electron chi connectivity index (χ3n) is 4.54. The molecule has 1 aliphatic rings. The van der Waals surface area contributed by atoms with Gasteiger partial charge in [-0.2, -0.15) is 4.98 Å². The highest BCUT2D eigenvalue weighted by Crippen LogP contribution is 2.33. The van der Waals surface area contributed by atoms with E-state index in [4.69, 9.17) is 9.26 Å². The van der Waals surface area contributed by atoms with Gasteiger partial charge in [-0.15, -0.1) is 0 Å². The van der Waals surface area contributed by atoms with Crippen LogP contribution < -0.4 is 15.4 Å². The lowest BCUT2D eigenvalue weighted by Gasteiger charge is -2.24. The standard InChI is InChI=1S/C20H19FN4O3/c1-10-4-5-13(8-15(10)21)18-24-20(28-25-18)11(2)22-14-6-7-17-16(9-14)23-19(26)12(3)27-17/h4-9,11-12,22H,1-3H3,(H,23,26). The zero-order valence-electron chi connectivity index (χ0n) is 15.6. The summed E-state index contributed by atoms with van der Waals surface area (Å²) in [6.07, 6.45) is -0.520. The number of anilines is 2. The molecule has 28 heavy (non-hydrogen) atoms. The molecule has 2 unspecified atom stereocenters. The fourth-order valence-electron chi connectivity index (χ4n) is 2.87. The van der Waals surface area contributed by atoms with E-state index in [9.17, 15) is 9.18 Å². The van der Waals surface area contributed by atoms with Crippen molar-refractivity contribution in [2.24, 2.45) is 0 Å². The van der Waals surface area contributed by atoms with Gasteiger partial charge in [0, 0.05) is 11.3 Å². The van der Waals surface area contributed by atoms with E-state index < -0.39 is 6.10 Å². The summed E-state index contributed by atoms with van der Waals surface area (Å²) in [5.74, 6) is 0.796. The van der Waals surface area contributed by atoms with E-state index in [0.717, 1.165) is 5.69 Å². The highest BCUT2D eigenvalue weighted by Gasteiger charge is 2.24. The van der Waals surface area contributed by atoms with Gasteiger partial charge in [0.25, 0.3) is 5.91 Å². The number of carbonyl (C=O) groups excluding carboxylic acids is 1. The van der Waals surface area contributed by atoms with Crippen LogP contribution in [0.5, 0.6) is 5.75 Å². The van der Waals surface area contributed by atoms with Crippen LogP contribution in [0.3, 0.4) is 0 Å². The Morgan fingerprint density at radius 3 is 2.86 bits per heavy atom. The fourth-order valence-corrected chi connectivity index (χ4v) is 2.87. The van der Waals surface area contributed by atoms with E-state index in [2.05, 4.69) is 20.8 Å². The van der Waals surface area contributed by atoms with Gasteiger partial charge in [-0.1, -0.05) is 17.3 Å². The van der Waals surface area contributed by atoms with E-state index in [0.29, 0.717) is 34.3 Å².